The number of aliphatic hydroxyl groups excluding tert-OH is 1. The molecule has 6 heteroatoms. The first-order chi connectivity index (χ1) is 12.5. The van der Waals surface area contributed by atoms with Crippen molar-refractivity contribution in [2.75, 3.05) is 32.8 Å². The van der Waals surface area contributed by atoms with Crippen LogP contribution in [0, 0.1) is 0 Å². The second-order valence-corrected chi connectivity index (χ2v) is 6.51. The Kier molecular flexibility index (Phi) is 5.96. The van der Waals surface area contributed by atoms with Crippen molar-refractivity contribution in [3.05, 3.63) is 59.7 Å². The summed E-state index contributed by atoms with van der Waals surface area (Å²) in [6, 6.07) is 13.3. The van der Waals surface area contributed by atoms with Gasteiger partial charge < -0.3 is 10.4 Å². The SMILES string of the molecule is OCC[C@@H](c1ccc(-c2ccc(C(F)(F)F)cc2)cc1)N1CCNCC1. The van der Waals surface area contributed by atoms with Crippen LogP contribution in [-0.2, 0) is 6.18 Å². The summed E-state index contributed by atoms with van der Waals surface area (Å²) in [6.07, 6.45) is -3.65. The number of hydrogen-bond donors (Lipinski definition) is 2. The molecule has 3 rings (SSSR count). The van der Waals surface area contributed by atoms with Gasteiger partial charge in [-0.05, 0) is 35.2 Å². The van der Waals surface area contributed by atoms with Crippen molar-refractivity contribution < 1.29 is 18.3 Å². The third kappa shape index (κ3) is 4.44. The van der Waals surface area contributed by atoms with E-state index in [4.69, 9.17) is 0 Å². The Morgan fingerprint density at radius 1 is 0.923 bits per heavy atom. The molecule has 0 unspecified atom stereocenters. The lowest BCUT2D eigenvalue weighted by atomic mass is 9.97. The lowest BCUT2D eigenvalue weighted by Crippen LogP contribution is -2.45. The quantitative estimate of drug-likeness (QED) is 0.849. The number of nitrogens with one attached hydrogen (secondary N) is 1. The standard InChI is InChI=1S/C20H23F3N2O/c21-20(22,23)18-7-5-16(6-8-18)15-1-3-17(4-2-15)19(9-14-26)25-12-10-24-11-13-25/h1-8,19,24,26H,9-14H2/t19-/m0/s1. The number of alkyl halides is 3. The number of halogens is 3. The highest BCUT2D eigenvalue weighted by molar-refractivity contribution is 5.64. The van der Waals surface area contributed by atoms with E-state index in [9.17, 15) is 18.3 Å². The van der Waals surface area contributed by atoms with E-state index in [-0.39, 0.29) is 12.6 Å². The van der Waals surface area contributed by atoms with Crippen LogP contribution in [0.25, 0.3) is 11.1 Å². The summed E-state index contributed by atoms with van der Waals surface area (Å²) in [5.74, 6) is 0. The van der Waals surface area contributed by atoms with Gasteiger partial charge in [0.15, 0.2) is 0 Å². The van der Waals surface area contributed by atoms with Gasteiger partial charge in [-0.1, -0.05) is 36.4 Å². The largest absolute Gasteiger partial charge is 0.416 e. The number of piperazine rings is 1. The van der Waals surface area contributed by atoms with Crippen molar-refractivity contribution in [3.8, 4) is 11.1 Å². The van der Waals surface area contributed by atoms with Gasteiger partial charge in [-0.15, -0.1) is 0 Å². The van der Waals surface area contributed by atoms with E-state index in [2.05, 4.69) is 10.2 Å². The maximum absolute atomic E-state index is 12.7. The van der Waals surface area contributed by atoms with Gasteiger partial charge in [0.2, 0.25) is 0 Å². The van der Waals surface area contributed by atoms with Crippen LogP contribution in [0.4, 0.5) is 13.2 Å². The number of nitrogens with zero attached hydrogens (tertiary/aromatic N) is 1. The Hall–Kier alpha value is -1.89. The monoisotopic (exact) mass is 364 g/mol. The lowest BCUT2D eigenvalue weighted by molar-refractivity contribution is -0.137. The molecule has 1 aliphatic heterocycles. The molecular formula is C20H23F3N2O. The van der Waals surface area contributed by atoms with Gasteiger partial charge in [0.25, 0.3) is 0 Å². The Bertz CT molecular complexity index is 692. The minimum Gasteiger partial charge on any atom is -0.396 e. The topological polar surface area (TPSA) is 35.5 Å². The van der Waals surface area contributed by atoms with Crippen molar-refractivity contribution in [1.29, 1.82) is 0 Å². The molecule has 0 radical (unpaired) electrons. The zero-order valence-electron chi connectivity index (χ0n) is 14.5. The van der Waals surface area contributed by atoms with Crippen LogP contribution in [-0.4, -0.2) is 42.8 Å². The summed E-state index contributed by atoms with van der Waals surface area (Å²) in [4.78, 5) is 2.36. The molecule has 2 aromatic carbocycles. The molecule has 1 aliphatic rings. The van der Waals surface area contributed by atoms with E-state index in [0.29, 0.717) is 6.42 Å². The number of hydrogen-bond acceptors (Lipinski definition) is 3. The average Bonchev–Trinajstić information content (AvgIpc) is 2.66. The van der Waals surface area contributed by atoms with Crippen LogP contribution >= 0.6 is 0 Å². The fraction of sp³-hybridized carbons (Fsp3) is 0.400. The fourth-order valence-corrected chi connectivity index (χ4v) is 3.43. The molecule has 0 saturated carbocycles. The van der Waals surface area contributed by atoms with Crippen LogP contribution in [0.5, 0.6) is 0 Å². The Morgan fingerprint density at radius 3 is 1.96 bits per heavy atom. The molecule has 1 fully saturated rings. The maximum atomic E-state index is 12.7. The van der Waals surface area contributed by atoms with Crippen molar-refractivity contribution in [1.82, 2.24) is 10.2 Å². The van der Waals surface area contributed by atoms with E-state index >= 15 is 0 Å². The minimum absolute atomic E-state index is 0.120. The average molecular weight is 364 g/mol. The molecule has 1 saturated heterocycles. The highest BCUT2D eigenvalue weighted by Crippen LogP contribution is 2.32. The first-order valence-electron chi connectivity index (χ1n) is 8.82. The van der Waals surface area contributed by atoms with Gasteiger partial charge >= 0.3 is 6.18 Å². The van der Waals surface area contributed by atoms with Crippen molar-refractivity contribution >= 4 is 0 Å². The van der Waals surface area contributed by atoms with E-state index < -0.39 is 11.7 Å². The highest BCUT2D eigenvalue weighted by atomic mass is 19.4. The van der Waals surface area contributed by atoms with Gasteiger partial charge in [0.05, 0.1) is 5.56 Å². The second kappa shape index (κ2) is 8.20. The van der Waals surface area contributed by atoms with Gasteiger partial charge in [-0.2, -0.15) is 13.2 Å². The molecular weight excluding hydrogens is 341 g/mol. The van der Waals surface area contributed by atoms with Crippen LogP contribution in [0.1, 0.15) is 23.6 Å². The van der Waals surface area contributed by atoms with Crippen LogP contribution in [0.3, 0.4) is 0 Å². The molecule has 1 heterocycles. The van der Waals surface area contributed by atoms with Crippen molar-refractivity contribution in [3.63, 3.8) is 0 Å². The Labute approximate surface area is 151 Å². The lowest BCUT2D eigenvalue weighted by Gasteiger charge is -2.35. The molecule has 2 aromatic rings. The van der Waals surface area contributed by atoms with E-state index in [1.54, 1.807) is 0 Å². The summed E-state index contributed by atoms with van der Waals surface area (Å²) in [5, 5.41) is 12.7. The third-order valence-corrected chi connectivity index (χ3v) is 4.84. The Balaban J connectivity index is 1.78. The predicted molar refractivity (Wildman–Crippen MR) is 95.8 cm³/mol. The summed E-state index contributed by atoms with van der Waals surface area (Å²) < 4.78 is 38.1. The van der Waals surface area contributed by atoms with Crippen molar-refractivity contribution in [2.45, 2.75) is 18.6 Å². The normalized spacial score (nSPS) is 17.2. The number of rotatable bonds is 5. The molecule has 0 aliphatic carbocycles. The Morgan fingerprint density at radius 2 is 1.46 bits per heavy atom. The summed E-state index contributed by atoms with van der Waals surface area (Å²) >= 11 is 0. The summed E-state index contributed by atoms with van der Waals surface area (Å²) in [5.41, 5.74) is 2.12. The van der Waals surface area contributed by atoms with Gasteiger partial charge in [-0.3, -0.25) is 4.90 Å². The van der Waals surface area contributed by atoms with Gasteiger partial charge in [-0.25, -0.2) is 0 Å². The number of aliphatic hydroxyl groups is 1. The predicted octanol–water partition coefficient (Wildman–Crippen LogP) is 3.70. The summed E-state index contributed by atoms with van der Waals surface area (Å²) in [7, 11) is 0. The summed E-state index contributed by atoms with van der Waals surface area (Å²) in [6.45, 7) is 3.86. The minimum atomic E-state index is -4.32. The highest BCUT2D eigenvalue weighted by Gasteiger charge is 2.30. The number of benzene rings is 2. The first-order valence-corrected chi connectivity index (χ1v) is 8.82. The molecule has 0 aromatic heterocycles. The molecule has 0 bridgehead atoms. The van der Waals surface area contributed by atoms with E-state index in [0.717, 1.165) is 55.0 Å². The zero-order chi connectivity index (χ0) is 18.6. The molecule has 0 spiro atoms. The second-order valence-electron chi connectivity index (χ2n) is 6.51. The van der Waals surface area contributed by atoms with Gasteiger partial charge in [0.1, 0.15) is 0 Å². The van der Waals surface area contributed by atoms with Crippen LogP contribution < -0.4 is 5.32 Å². The molecule has 3 nitrogen and oxygen atoms in total. The zero-order valence-corrected chi connectivity index (χ0v) is 14.5. The van der Waals surface area contributed by atoms with Crippen LogP contribution in [0.2, 0.25) is 0 Å². The smallest absolute Gasteiger partial charge is 0.396 e. The molecule has 0 amide bonds. The molecule has 140 valence electrons. The van der Waals surface area contributed by atoms with Crippen molar-refractivity contribution in [2.24, 2.45) is 0 Å². The third-order valence-electron chi connectivity index (χ3n) is 4.84. The molecule has 1 atom stereocenters. The van der Waals surface area contributed by atoms with Gasteiger partial charge in [0, 0.05) is 38.8 Å². The first kappa shape index (κ1) is 18.9. The molecule has 26 heavy (non-hydrogen) atoms. The maximum Gasteiger partial charge on any atom is 0.416 e. The molecule has 2 N–H and O–H groups in total. The fourth-order valence-electron chi connectivity index (χ4n) is 3.43. The van der Waals surface area contributed by atoms with Crippen LogP contribution in [0.15, 0.2) is 48.5 Å². The van der Waals surface area contributed by atoms with E-state index in [1.807, 2.05) is 24.3 Å². The van der Waals surface area contributed by atoms with E-state index in [1.165, 1.54) is 12.1 Å².